The van der Waals surface area contributed by atoms with E-state index in [1.807, 2.05) is 6.07 Å². The lowest BCUT2D eigenvalue weighted by Gasteiger charge is -2.33. The lowest BCUT2D eigenvalue weighted by atomic mass is 9.33. The summed E-state index contributed by atoms with van der Waals surface area (Å²) in [6.45, 7) is 0.250. The van der Waals surface area contributed by atoms with Crippen molar-refractivity contribution in [2.45, 2.75) is 0 Å². The van der Waals surface area contributed by atoms with Gasteiger partial charge in [-0.15, -0.1) is 0 Å². The van der Waals surface area contributed by atoms with Crippen molar-refractivity contribution in [3.8, 4) is 22.6 Å². The van der Waals surface area contributed by atoms with Crippen LogP contribution in [0.1, 0.15) is 0 Å². The first-order valence-electron chi connectivity index (χ1n) is 8.33. The van der Waals surface area contributed by atoms with Gasteiger partial charge in [-0.05, 0) is 45.0 Å². The van der Waals surface area contributed by atoms with Crippen LogP contribution in [0.2, 0.25) is 0 Å². The lowest BCUT2D eigenvalue weighted by Crippen LogP contribution is -2.57. The molecule has 2 aliphatic rings. The summed E-state index contributed by atoms with van der Waals surface area (Å²) in [5.74, 6) is 1.97. The first-order valence-corrected chi connectivity index (χ1v) is 8.33. The van der Waals surface area contributed by atoms with Gasteiger partial charge in [-0.25, -0.2) is 0 Å². The summed E-state index contributed by atoms with van der Waals surface area (Å²) in [4.78, 5) is 0. The molecule has 0 N–H and O–H groups in total. The third-order valence-electron chi connectivity index (χ3n) is 5.35. The Bertz CT molecular complexity index is 1150. The van der Waals surface area contributed by atoms with Crippen molar-refractivity contribution in [2.24, 2.45) is 0 Å². The molecule has 0 unspecified atom stereocenters. The van der Waals surface area contributed by atoms with E-state index in [1.165, 1.54) is 38.3 Å². The van der Waals surface area contributed by atoms with Gasteiger partial charge in [0.15, 0.2) is 0 Å². The van der Waals surface area contributed by atoms with Gasteiger partial charge < -0.3 is 4.74 Å². The summed E-state index contributed by atoms with van der Waals surface area (Å²) in [5, 5.41) is 2.63. The average Bonchev–Trinajstić information content (AvgIpc) is 2.66. The monoisotopic (exact) mass is 304 g/mol. The summed E-state index contributed by atoms with van der Waals surface area (Å²) in [6.07, 6.45) is 0. The molecule has 6 rings (SSSR count). The maximum Gasteiger partial charge on any atom is 0.252 e. The Hall–Kier alpha value is -3.00. The number of ether oxygens (including phenoxy) is 1. The molecule has 0 saturated heterocycles. The smallest absolute Gasteiger partial charge is 0.252 e. The number of fused-ring (bicyclic) bond motifs is 5. The van der Waals surface area contributed by atoms with Crippen molar-refractivity contribution in [1.29, 1.82) is 0 Å². The van der Waals surface area contributed by atoms with Crippen LogP contribution in [0.25, 0.3) is 21.9 Å². The molecule has 4 aromatic carbocycles. The second kappa shape index (κ2) is 4.30. The molecule has 2 heteroatoms. The van der Waals surface area contributed by atoms with Crippen LogP contribution in [0.4, 0.5) is 0 Å². The van der Waals surface area contributed by atoms with Gasteiger partial charge in [-0.3, -0.25) is 0 Å². The third-order valence-corrected chi connectivity index (χ3v) is 5.35. The van der Waals surface area contributed by atoms with Crippen molar-refractivity contribution >= 4 is 33.9 Å². The zero-order valence-electron chi connectivity index (χ0n) is 13.0. The SMILES string of the molecule is c1ccc2c(c1)Oc1ccc3cccc4c3c1B2c1ccccc1-4. The van der Waals surface area contributed by atoms with Gasteiger partial charge in [0, 0.05) is 0 Å². The minimum absolute atomic E-state index is 0.250. The summed E-state index contributed by atoms with van der Waals surface area (Å²) in [7, 11) is 0. The molecule has 0 atom stereocenters. The van der Waals surface area contributed by atoms with E-state index in [2.05, 4.69) is 72.8 Å². The van der Waals surface area contributed by atoms with Crippen molar-refractivity contribution < 1.29 is 4.74 Å². The second-order valence-electron chi connectivity index (χ2n) is 6.54. The maximum atomic E-state index is 6.26. The van der Waals surface area contributed by atoms with Crippen molar-refractivity contribution in [3.63, 3.8) is 0 Å². The predicted octanol–water partition coefficient (Wildman–Crippen LogP) is 3.44. The number of benzene rings is 4. The summed E-state index contributed by atoms with van der Waals surface area (Å²) in [6, 6.07) is 28.1. The lowest BCUT2D eigenvalue weighted by molar-refractivity contribution is 0.488. The van der Waals surface area contributed by atoms with Crippen LogP contribution >= 0.6 is 0 Å². The van der Waals surface area contributed by atoms with E-state index in [4.69, 9.17) is 4.74 Å². The van der Waals surface area contributed by atoms with Gasteiger partial charge in [0.25, 0.3) is 6.71 Å². The van der Waals surface area contributed by atoms with Crippen LogP contribution in [0.3, 0.4) is 0 Å². The molecule has 0 amide bonds. The molecule has 0 fully saturated rings. The minimum Gasteiger partial charge on any atom is -0.458 e. The molecule has 0 saturated carbocycles. The highest BCUT2D eigenvalue weighted by Gasteiger charge is 2.38. The van der Waals surface area contributed by atoms with Gasteiger partial charge in [0.05, 0.1) is 0 Å². The Morgan fingerprint density at radius 3 is 2.33 bits per heavy atom. The Kier molecular flexibility index (Phi) is 2.23. The Balaban J connectivity index is 1.86. The standard InChI is InChI=1S/C22H13BO/c1-2-9-17-15(7-1)16-8-5-6-14-12-13-20-22(21(14)16)23(17)18-10-3-4-11-19(18)24-20/h1-13H. The van der Waals surface area contributed by atoms with E-state index >= 15 is 0 Å². The Labute approximate surface area is 140 Å². The van der Waals surface area contributed by atoms with E-state index in [0.29, 0.717) is 0 Å². The molecule has 2 aliphatic heterocycles. The molecule has 1 nitrogen and oxygen atoms in total. The van der Waals surface area contributed by atoms with Gasteiger partial charge in [0.1, 0.15) is 11.5 Å². The van der Waals surface area contributed by atoms with Crippen LogP contribution in [0.15, 0.2) is 78.9 Å². The fourth-order valence-corrected chi connectivity index (χ4v) is 4.39. The molecular weight excluding hydrogens is 291 g/mol. The van der Waals surface area contributed by atoms with E-state index in [0.717, 1.165) is 11.5 Å². The van der Waals surface area contributed by atoms with Crippen molar-refractivity contribution in [2.75, 3.05) is 0 Å². The first-order chi connectivity index (χ1) is 11.9. The van der Waals surface area contributed by atoms with Crippen molar-refractivity contribution in [3.05, 3.63) is 78.9 Å². The number of hydrogen-bond acceptors (Lipinski definition) is 1. The van der Waals surface area contributed by atoms with Crippen LogP contribution in [0, 0.1) is 0 Å². The zero-order valence-corrected chi connectivity index (χ0v) is 13.0. The van der Waals surface area contributed by atoms with Gasteiger partial charge >= 0.3 is 0 Å². The average molecular weight is 304 g/mol. The topological polar surface area (TPSA) is 9.23 Å². The van der Waals surface area contributed by atoms with Crippen LogP contribution in [-0.4, -0.2) is 6.71 Å². The van der Waals surface area contributed by atoms with Gasteiger partial charge in [-0.2, -0.15) is 0 Å². The second-order valence-corrected chi connectivity index (χ2v) is 6.54. The molecule has 0 spiro atoms. The fourth-order valence-electron chi connectivity index (χ4n) is 4.39. The molecule has 2 heterocycles. The fraction of sp³-hybridized carbons (Fsp3) is 0. The van der Waals surface area contributed by atoms with Crippen LogP contribution < -0.4 is 21.1 Å². The highest BCUT2D eigenvalue weighted by Crippen LogP contribution is 2.36. The highest BCUT2D eigenvalue weighted by molar-refractivity contribution is 7.00. The van der Waals surface area contributed by atoms with E-state index in [1.54, 1.807) is 0 Å². The Morgan fingerprint density at radius 1 is 0.583 bits per heavy atom. The van der Waals surface area contributed by atoms with Crippen molar-refractivity contribution in [1.82, 2.24) is 0 Å². The van der Waals surface area contributed by atoms with Crippen LogP contribution in [-0.2, 0) is 0 Å². The summed E-state index contributed by atoms with van der Waals surface area (Å²) < 4.78 is 6.26. The molecule has 0 radical (unpaired) electrons. The van der Waals surface area contributed by atoms with E-state index < -0.39 is 0 Å². The number of hydrogen-bond donors (Lipinski definition) is 0. The minimum atomic E-state index is 0.250. The van der Waals surface area contributed by atoms with Gasteiger partial charge in [-0.1, -0.05) is 72.2 Å². The summed E-state index contributed by atoms with van der Waals surface area (Å²) in [5.41, 5.74) is 6.62. The van der Waals surface area contributed by atoms with Gasteiger partial charge in [0.2, 0.25) is 0 Å². The number of para-hydroxylation sites is 1. The molecule has 110 valence electrons. The molecular formula is C22H13BO. The molecule has 4 aromatic rings. The Morgan fingerprint density at radius 2 is 1.38 bits per heavy atom. The molecule has 0 aromatic heterocycles. The molecule has 0 bridgehead atoms. The third kappa shape index (κ3) is 1.41. The van der Waals surface area contributed by atoms with E-state index in [9.17, 15) is 0 Å². The number of rotatable bonds is 0. The normalized spacial score (nSPS) is 13.2. The zero-order chi connectivity index (χ0) is 15.7. The first kappa shape index (κ1) is 12.4. The highest BCUT2D eigenvalue weighted by atomic mass is 16.5. The predicted molar refractivity (Wildman–Crippen MR) is 101 cm³/mol. The molecule has 24 heavy (non-hydrogen) atoms. The summed E-state index contributed by atoms with van der Waals surface area (Å²) >= 11 is 0. The molecule has 0 aliphatic carbocycles. The maximum absolute atomic E-state index is 6.26. The largest absolute Gasteiger partial charge is 0.458 e. The van der Waals surface area contributed by atoms with Crippen LogP contribution in [0.5, 0.6) is 11.5 Å². The quantitative estimate of drug-likeness (QED) is 0.391. The van der Waals surface area contributed by atoms with E-state index in [-0.39, 0.29) is 6.71 Å².